The molecule has 1 aliphatic carbocycles. The molecule has 1 amide bonds. The Bertz CT molecular complexity index is 492. The summed E-state index contributed by atoms with van der Waals surface area (Å²) in [6.07, 6.45) is 3.87. The monoisotopic (exact) mass is 220 g/mol. The number of pyridine rings is 1. The molecule has 3 N–H and O–H groups in total. The van der Waals surface area contributed by atoms with Crippen LogP contribution in [0.25, 0.3) is 0 Å². The maximum Gasteiger partial charge on any atom is 0.278 e. The zero-order chi connectivity index (χ0) is 11.5. The van der Waals surface area contributed by atoms with E-state index < -0.39 is 11.5 Å². The molecule has 16 heavy (non-hydrogen) atoms. The fourth-order valence-electron chi connectivity index (χ4n) is 1.95. The molecule has 0 fully saturated rings. The molecular formula is C10H12N4O2. The molecule has 1 aliphatic rings. The van der Waals surface area contributed by atoms with Crippen molar-refractivity contribution in [3.8, 4) is 0 Å². The number of rotatable bonds is 2. The lowest BCUT2D eigenvalue weighted by atomic mass is 9.95. The van der Waals surface area contributed by atoms with Gasteiger partial charge in [-0.25, -0.2) is 5.43 Å². The molecule has 1 aromatic heterocycles. The van der Waals surface area contributed by atoms with Crippen molar-refractivity contribution >= 4 is 5.91 Å². The Kier molecular flexibility index (Phi) is 2.80. The van der Waals surface area contributed by atoms with Crippen LogP contribution < -0.4 is 11.0 Å². The lowest BCUT2D eigenvalue weighted by Gasteiger charge is -2.15. The van der Waals surface area contributed by atoms with Crippen LogP contribution in [0.15, 0.2) is 16.1 Å². The highest BCUT2D eigenvalue weighted by Gasteiger charge is 2.16. The number of hydrogen-bond donors (Lipinski definition) is 3. The van der Waals surface area contributed by atoms with Crippen LogP contribution in [-0.4, -0.2) is 10.9 Å². The second kappa shape index (κ2) is 4.26. The Hall–Kier alpha value is -1.98. The summed E-state index contributed by atoms with van der Waals surface area (Å²) in [6.45, 7) is 0. The normalized spacial score (nSPS) is 14.0. The van der Waals surface area contributed by atoms with Crippen LogP contribution >= 0.6 is 0 Å². The van der Waals surface area contributed by atoms with E-state index in [0.29, 0.717) is 0 Å². The first-order chi connectivity index (χ1) is 7.72. The van der Waals surface area contributed by atoms with Gasteiger partial charge in [-0.3, -0.25) is 9.59 Å². The number of carbonyl (C=O) groups excluding carboxylic acids is 1. The van der Waals surface area contributed by atoms with E-state index in [1.807, 2.05) is 5.43 Å². The summed E-state index contributed by atoms with van der Waals surface area (Å²) in [5, 5.41) is 2.76. The number of aryl methyl sites for hydroxylation is 2. The predicted octanol–water partition coefficient (Wildman–Crippen LogP) is 0.929. The molecule has 0 unspecified atom stereocenters. The summed E-state index contributed by atoms with van der Waals surface area (Å²) in [5.41, 5.74) is 10.0. The maximum atomic E-state index is 11.6. The first kappa shape index (κ1) is 10.5. The quantitative estimate of drug-likeness (QED) is 0.510. The summed E-state index contributed by atoms with van der Waals surface area (Å²) in [6, 6.07) is 1.60. The van der Waals surface area contributed by atoms with Gasteiger partial charge < -0.3 is 4.98 Å². The van der Waals surface area contributed by atoms with Crippen molar-refractivity contribution in [1.29, 1.82) is 5.53 Å². The van der Waals surface area contributed by atoms with Crippen molar-refractivity contribution in [2.75, 3.05) is 0 Å². The van der Waals surface area contributed by atoms with Crippen molar-refractivity contribution < 1.29 is 4.79 Å². The second-order valence-corrected chi connectivity index (χ2v) is 3.78. The minimum Gasteiger partial charge on any atom is -0.325 e. The SMILES string of the molecule is N=NNC(=O)c1cc2c([nH]c1=O)CCCC2. The molecule has 0 aliphatic heterocycles. The summed E-state index contributed by atoms with van der Waals surface area (Å²) < 4.78 is 0. The Labute approximate surface area is 91.5 Å². The van der Waals surface area contributed by atoms with Gasteiger partial charge in [-0.1, -0.05) is 5.22 Å². The zero-order valence-electron chi connectivity index (χ0n) is 8.67. The van der Waals surface area contributed by atoms with Crippen LogP contribution in [0.3, 0.4) is 0 Å². The van der Waals surface area contributed by atoms with Crippen LogP contribution in [0.2, 0.25) is 0 Å². The summed E-state index contributed by atoms with van der Waals surface area (Å²) >= 11 is 0. The minimum absolute atomic E-state index is 0.0247. The van der Waals surface area contributed by atoms with E-state index >= 15 is 0 Å². The highest BCUT2D eigenvalue weighted by atomic mass is 16.2. The Morgan fingerprint density at radius 2 is 2.19 bits per heavy atom. The van der Waals surface area contributed by atoms with Gasteiger partial charge in [0.15, 0.2) is 0 Å². The topological polar surface area (TPSA) is 98.2 Å². The van der Waals surface area contributed by atoms with E-state index in [2.05, 4.69) is 10.2 Å². The molecule has 6 heteroatoms. The number of nitrogens with one attached hydrogen (secondary N) is 3. The summed E-state index contributed by atoms with van der Waals surface area (Å²) in [4.78, 5) is 25.7. The van der Waals surface area contributed by atoms with Crippen LogP contribution in [0.4, 0.5) is 0 Å². The lowest BCUT2D eigenvalue weighted by Crippen LogP contribution is -2.28. The molecule has 6 nitrogen and oxygen atoms in total. The third kappa shape index (κ3) is 1.86. The first-order valence-corrected chi connectivity index (χ1v) is 5.14. The van der Waals surface area contributed by atoms with Gasteiger partial charge in [-0.05, 0) is 37.3 Å². The smallest absolute Gasteiger partial charge is 0.278 e. The molecule has 0 saturated heterocycles. The van der Waals surface area contributed by atoms with Crippen molar-refractivity contribution in [1.82, 2.24) is 10.4 Å². The second-order valence-electron chi connectivity index (χ2n) is 3.78. The van der Waals surface area contributed by atoms with Gasteiger partial charge in [0.25, 0.3) is 11.5 Å². The summed E-state index contributed by atoms with van der Waals surface area (Å²) in [7, 11) is 0. The molecule has 0 bridgehead atoms. The standard InChI is InChI=1S/C10H12N4O2/c11-14-13-10(16)7-5-6-3-1-2-4-8(6)12-9(7)15/h5H,1-4H2,(H,12,15)(H2,11,13,16). The number of amides is 1. The van der Waals surface area contributed by atoms with Crippen LogP contribution in [0, 0.1) is 5.53 Å². The average molecular weight is 220 g/mol. The fraction of sp³-hybridized carbons (Fsp3) is 0.400. The van der Waals surface area contributed by atoms with Gasteiger partial charge in [0, 0.05) is 5.69 Å². The lowest BCUT2D eigenvalue weighted by molar-refractivity contribution is 0.0948. The molecule has 0 atom stereocenters. The molecular weight excluding hydrogens is 208 g/mol. The van der Waals surface area contributed by atoms with Gasteiger partial charge in [-0.15, -0.1) is 0 Å². The Balaban J connectivity index is 2.43. The van der Waals surface area contributed by atoms with Crippen LogP contribution in [0.5, 0.6) is 0 Å². The minimum atomic E-state index is -0.635. The highest BCUT2D eigenvalue weighted by molar-refractivity contribution is 5.93. The molecule has 2 rings (SSSR count). The van der Waals surface area contributed by atoms with Crippen molar-refractivity contribution in [2.24, 2.45) is 5.22 Å². The van der Waals surface area contributed by atoms with Crippen molar-refractivity contribution in [2.45, 2.75) is 25.7 Å². The molecule has 0 saturated carbocycles. The number of aromatic amines is 1. The first-order valence-electron chi connectivity index (χ1n) is 5.14. The Morgan fingerprint density at radius 1 is 1.44 bits per heavy atom. The molecule has 84 valence electrons. The van der Waals surface area contributed by atoms with Crippen LogP contribution in [-0.2, 0) is 12.8 Å². The molecule has 0 radical (unpaired) electrons. The van der Waals surface area contributed by atoms with E-state index in [9.17, 15) is 9.59 Å². The van der Waals surface area contributed by atoms with Gasteiger partial charge in [-0.2, -0.15) is 5.53 Å². The largest absolute Gasteiger partial charge is 0.325 e. The fourth-order valence-corrected chi connectivity index (χ4v) is 1.95. The van der Waals surface area contributed by atoms with Crippen molar-refractivity contribution in [3.63, 3.8) is 0 Å². The summed E-state index contributed by atoms with van der Waals surface area (Å²) in [5.74, 6) is -0.635. The molecule has 0 aromatic carbocycles. The van der Waals surface area contributed by atoms with Crippen LogP contribution in [0.1, 0.15) is 34.5 Å². The van der Waals surface area contributed by atoms with Gasteiger partial charge in [0.05, 0.1) is 0 Å². The van der Waals surface area contributed by atoms with E-state index in [1.165, 1.54) is 0 Å². The van der Waals surface area contributed by atoms with E-state index in [4.69, 9.17) is 5.53 Å². The number of nitrogens with zero attached hydrogens (tertiary/aromatic N) is 1. The van der Waals surface area contributed by atoms with Gasteiger partial charge >= 0.3 is 0 Å². The zero-order valence-corrected chi connectivity index (χ0v) is 8.67. The number of hydrogen-bond acceptors (Lipinski definition) is 4. The van der Waals surface area contributed by atoms with E-state index in [-0.39, 0.29) is 5.56 Å². The van der Waals surface area contributed by atoms with E-state index in [1.54, 1.807) is 6.07 Å². The van der Waals surface area contributed by atoms with Gasteiger partial charge in [0.2, 0.25) is 0 Å². The third-order valence-corrected chi connectivity index (χ3v) is 2.74. The Morgan fingerprint density at radius 3 is 2.94 bits per heavy atom. The van der Waals surface area contributed by atoms with Crippen molar-refractivity contribution in [3.05, 3.63) is 33.2 Å². The average Bonchev–Trinajstić information content (AvgIpc) is 2.28. The van der Waals surface area contributed by atoms with Gasteiger partial charge in [0.1, 0.15) is 5.56 Å². The number of aromatic nitrogens is 1. The number of fused-ring (bicyclic) bond motifs is 1. The number of H-pyrrole nitrogens is 1. The molecule has 1 aromatic rings. The maximum absolute atomic E-state index is 11.6. The molecule has 0 spiro atoms. The molecule has 1 heterocycles. The number of carbonyl (C=O) groups is 1. The third-order valence-electron chi connectivity index (χ3n) is 2.74. The van der Waals surface area contributed by atoms with E-state index in [0.717, 1.165) is 36.9 Å². The predicted molar refractivity (Wildman–Crippen MR) is 56.3 cm³/mol. The highest BCUT2D eigenvalue weighted by Crippen LogP contribution is 2.18.